The molecule has 0 fully saturated rings. The summed E-state index contributed by atoms with van der Waals surface area (Å²) in [5.41, 5.74) is 0.827. The Kier molecular flexibility index (Phi) is 2.00. The topological polar surface area (TPSA) is 40.1 Å². The van der Waals surface area contributed by atoms with Crippen molar-refractivity contribution in [2.24, 2.45) is 0 Å². The lowest BCUT2D eigenvalue weighted by atomic mass is 10.4. The predicted octanol–water partition coefficient (Wildman–Crippen LogP) is 1.29. The second-order valence-corrected chi connectivity index (χ2v) is 3.31. The van der Waals surface area contributed by atoms with Gasteiger partial charge in [-0.25, -0.2) is 0 Å². The summed E-state index contributed by atoms with van der Waals surface area (Å²) >= 11 is -0.648. The highest BCUT2D eigenvalue weighted by molar-refractivity contribution is 7.79. The Balaban J connectivity index is 3.08. The Labute approximate surface area is 59.8 Å². The molecule has 9 heavy (non-hydrogen) atoms. The van der Waals surface area contributed by atoms with E-state index in [1.165, 1.54) is 11.3 Å². The smallest absolute Gasteiger partial charge is 0.0384 e. The number of rotatable bonds is 1. The van der Waals surface area contributed by atoms with Crippen LogP contribution in [0.1, 0.15) is 5.56 Å². The normalized spacial score (nSPS) is 13.6. The van der Waals surface area contributed by atoms with Gasteiger partial charge in [0.15, 0.2) is 0 Å². The van der Waals surface area contributed by atoms with Gasteiger partial charge in [-0.15, -0.1) is 0 Å². The summed E-state index contributed by atoms with van der Waals surface area (Å²) in [4.78, 5) is 0.417. The maximum absolute atomic E-state index is 10.3. The van der Waals surface area contributed by atoms with Gasteiger partial charge in [-0.2, -0.15) is 11.3 Å². The fourth-order valence-electron chi connectivity index (χ4n) is 0.520. The minimum atomic E-state index is -2.05. The lowest BCUT2D eigenvalue weighted by molar-refractivity contribution is 0.537. The van der Waals surface area contributed by atoms with Gasteiger partial charge in [0, 0.05) is 10.3 Å². The van der Waals surface area contributed by atoms with Gasteiger partial charge in [0.2, 0.25) is 0 Å². The van der Waals surface area contributed by atoms with E-state index in [9.17, 15) is 8.76 Å². The summed E-state index contributed by atoms with van der Waals surface area (Å²) in [6.45, 7) is 1.78. The highest BCUT2D eigenvalue weighted by Gasteiger charge is 1.96. The Morgan fingerprint density at radius 1 is 1.67 bits per heavy atom. The van der Waals surface area contributed by atoms with Crippen molar-refractivity contribution in [2.75, 3.05) is 0 Å². The van der Waals surface area contributed by atoms with Gasteiger partial charge in [-0.3, -0.25) is 4.21 Å². The lowest BCUT2D eigenvalue weighted by Crippen LogP contribution is -1.86. The molecule has 0 spiro atoms. The number of aryl methyl sites for hydroxylation is 1. The van der Waals surface area contributed by atoms with Gasteiger partial charge in [-0.05, 0) is 28.9 Å². The first-order chi connectivity index (χ1) is 4.22. The first-order valence-electron chi connectivity index (χ1n) is 2.34. The molecule has 0 N–H and O–H groups in total. The molecule has 1 atom stereocenters. The van der Waals surface area contributed by atoms with Crippen LogP contribution in [-0.2, 0) is 11.1 Å². The monoisotopic (exact) mass is 161 g/mol. The highest BCUT2D eigenvalue weighted by atomic mass is 32.2. The molecule has 1 rings (SSSR count). The molecule has 0 aromatic carbocycles. The molecule has 0 bridgehead atoms. The molecule has 0 amide bonds. The molecule has 2 nitrogen and oxygen atoms in total. The summed E-state index contributed by atoms with van der Waals surface area (Å²) in [6, 6.07) is 0. The molecule has 1 heterocycles. The van der Waals surface area contributed by atoms with E-state index in [0.29, 0.717) is 4.90 Å². The predicted molar refractivity (Wildman–Crippen MR) is 36.2 cm³/mol. The molecule has 1 aromatic heterocycles. The van der Waals surface area contributed by atoms with E-state index in [1.807, 2.05) is 5.38 Å². The van der Waals surface area contributed by atoms with Crippen LogP contribution in [0, 0.1) is 6.92 Å². The number of hydrogen-bond donors (Lipinski definition) is 0. The van der Waals surface area contributed by atoms with E-state index >= 15 is 0 Å². The molecular formula is C5H5O2S2-. The molecule has 0 radical (unpaired) electrons. The zero-order chi connectivity index (χ0) is 6.85. The number of hydrogen-bond acceptors (Lipinski definition) is 3. The van der Waals surface area contributed by atoms with Gasteiger partial charge in [0.1, 0.15) is 0 Å². The van der Waals surface area contributed by atoms with Crippen LogP contribution >= 0.6 is 11.3 Å². The Morgan fingerprint density at radius 3 is 2.56 bits per heavy atom. The lowest BCUT2D eigenvalue weighted by Gasteiger charge is -2.01. The van der Waals surface area contributed by atoms with Crippen molar-refractivity contribution >= 4 is 22.4 Å². The van der Waals surface area contributed by atoms with Crippen LogP contribution in [0.4, 0.5) is 0 Å². The zero-order valence-electron chi connectivity index (χ0n) is 4.79. The molecule has 1 unspecified atom stereocenters. The Morgan fingerprint density at radius 2 is 2.33 bits per heavy atom. The standard InChI is InChI=1S/C5H6O2S2/c1-4-2-8-3-5(4)9(6)7/h2-3H,1H3,(H,6,7)/p-1. The maximum Gasteiger partial charge on any atom is 0.0384 e. The van der Waals surface area contributed by atoms with E-state index in [-0.39, 0.29) is 0 Å². The third-order valence-corrected chi connectivity index (χ3v) is 2.80. The van der Waals surface area contributed by atoms with Crippen LogP contribution in [0.25, 0.3) is 0 Å². The van der Waals surface area contributed by atoms with Gasteiger partial charge >= 0.3 is 0 Å². The number of thiophene rings is 1. The van der Waals surface area contributed by atoms with Crippen molar-refractivity contribution < 1.29 is 8.76 Å². The minimum Gasteiger partial charge on any atom is -0.768 e. The quantitative estimate of drug-likeness (QED) is 0.582. The SMILES string of the molecule is Cc1cscc1S(=O)[O-]. The Hall–Kier alpha value is -0.190. The van der Waals surface area contributed by atoms with Crippen molar-refractivity contribution in [1.82, 2.24) is 0 Å². The van der Waals surface area contributed by atoms with E-state index < -0.39 is 11.1 Å². The summed E-state index contributed by atoms with van der Waals surface area (Å²) < 4.78 is 20.6. The molecule has 0 aliphatic rings. The minimum absolute atomic E-state index is 0.417. The second kappa shape index (κ2) is 2.60. The van der Waals surface area contributed by atoms with Crippen molar-refractivity contribution in [3.63, 3.8) is 0 Å². The van der Waals surface area contributed by atoms with Crippen LogP contribution in [-0.4, -0.2) is 8.76 Å². The fraction of sp³-hybridized carbons (Fsp3) is 0.200. The largest absolute Gasteiger partial charge is 0.768 e. The summed E-state index contributed by atoms with van der Waals surface area (Å²) in [5.74, 6) is 0. The summed E-state index contributed by atoms with van der Waals surface area (Å²) in [7, 11) is 0. The zero-order valence-corrected chi connectivity index (χ0v) is 6.42. The average Bonchev–Trinajstić information content (AvgIpc) is 2.13. The van der Waals surface area contributed by atoms with Crippen molar-refractivity contribution in [3.05, 3.63) is 16.3 Å². The van der Waals surface area contributed by atoms with E-state index in [1.54, 1.807) is 12.3 Å². The molecule has 4 heteroatoms. The molecule has 0 aliphatic heterocycles. The molecular weight excluding hydrogens is 156 g/mol. The van der Waals surface area contributed by atoms with E-state index in [0.717, 1.165) is 5.56 Å². The summed E-state index contributed by atoms with van der Waals surface area (Å²) in [6.07, 6.45) is 0. The van der Waals surface area contributed by atoms with Crippen LogP contribution in [0.2, 0.25) is 0 Å². The van der Waals surface area contributed by atoms with E-state index in [4.69, 9.17) is 0 Å². The van der Waals surface area contributed by atoms with Crippen molar-refractivity contribution in [3.8, 4) is 0 Å². The van der Waals surface area contributed by atoms with Crippen LogP contribution in [0.5, 0.6) is 0 Å². The summed E-state index contributed by atoms with van der Waals surface area (Å²) in [5, 5.41) is 3.43. The molecule has 0 saturated carbocycles. The highest BCUT2D eigenvalue weighted by Crippen LogP contribution is 2.15. The van der Waals surface area contributed by atoms with Gasteiger partial charge in [0.05, 0.1) is 0 Å². The van der Waals surface area contributed by atoms with Crippen molar-refractivity contribution in [1.29, 1.82) is 0 Å². The van der Waals surface area contributed by atoms with Crippen molar-refractivity contribution in [2.45, 2.75) is 11.8 Å². The van der Waals surface area contributed by atoms with Gasteiger partial charge < -0.3 is 4.55 Å². The molecule has 0 saturated heterocycles. The van der Waals surface area contributed by atoms with Crippen LogP contribution < -0.4 is 0 Å². The van der Waals surface area contributed by atoms with E-state index in [2.05, 4.69) is 0 Å². The second-order valence-electron chi connectivity index (χ2n) is 1.65. The fourth-order valence-corrected chi connectivity index (χ4v) is 2.11. The van der Waals surface area contributed by atoms with Gasteiger partial charge in [0.25, 0.3) is 0 Å². The first-order valence-corrected chi connectivity index (χ1v) is 4.35. The molecule has 1 aromatic rings. The van der Waals surface area contributed by atoms with Gasteiger partial charge in [-0.1, -0.05) is 0 Å². The third kappa shape index (κ3) is 1.38. The average molecular weight is 161 g/mol. The first kappa shape index (κ1) is 6.92. The Bertz CT molecular complexity index is 229. The molecule has 50 valence electrons. The third-order valence-electron chi connectivity index (χ3n) is 0.988. The van der Waals surface area contributed by atoms with Crippen LogP contribution in [0.3, 0.4) is 0 Å². The van der Waals surface area contributed by atoms with Crippen LogP contribution in [0.15, 0.2) is 15.7 Å². The molecule has 0 aliphatic carbocycles. The maximum atomic E-state index is 10.3.